The summed E-state index contributed by atoms with van der Waals surface area (Å²) in [4.78, 5) is 32.9. The van der Waals surface area contributed by atoms with E-state index in [-0.39, 0.29) is 18.0 Å². The number of rotatable bonds is 6. The van der Waals surface area contributed by atoms with E-state index in [9.17, 15) is 9.59 Å². The summed E-state index contributed by atoms with van der Waals surface area (Å²) in [6.45, 7) is 8.40. The van der Waals surface area contributed by atoms with E-state index in [1.165, 1.54) is 5.56 Å². The molecule has 0 unspecified atom stereocenters. The molecule has 0 atom stereocenters. The second-order valence-corrected chi connectivity index (χ2v) is 7.82. The number of amides is 3. The molecule has 0 spiro atoms. The lowest BCUT2D eigenvalue weighted by molar-refractivity contribution is -0.131. The van der Waals surface area contributed by atoms with Crippen LogP contribution in [0, 0.1) is 6.92 Å². The molecule has 1 aromatic carbocycles. The Kier molecular flexibility index (Phi) is 7.27. The number of carbonyl (C=O) groups excluding carboxylic acids is 2. The van der Waals surface area contributed by atoms with Gasteiger partial charge in [-0.3, -0.25) is 4.79 Å². The van der Waals surface area contributed by atoms with Crippen molar-refractivity contribution in [3.05, 3.63) is 59.3 Å². The molecule has 1 fully saturated rings. The van der Waals surface area contributed by atoms with Crippen LogP contribution in [0.2, 0.25) is 0 Å². The molecule has 7 nitrogen and oxygen atoms in total. The first kappa shape index (κ1) is 21.6. The van der Waals surface area contributed by atoms with Gasteiger partial charge in [0, 0.05) is 44.5 Å². The Labute approximate surface area is 178 Å². The normalized spacial score (nSPS) is 14.0. The summed E-state index contributed by atoms with van der Waals surface area (Å²) >= 11 is 0. The molecule has 1 aromatic heterocycles. The number of carbonyl (C=O) groups is 2. The van der Waals surface area contributed by atoms with E-state index in [1.54, 1.807) is 11.1 Å². The lowest BCUT2D eigenvalue weighted by Crippen LogP contribution is -2.53. The third kappa shape index (κ3) is 5.95. The fourth-order valence-electron chi connectivity index (χ4n) is 3.32. The quantitative estimate of drug-likeness (QED) is 0.795. The first-order chi connectivity index (χ1) is 14.4. The molecule has 2 aromatic rings. The average molecular weight is 411 g/mol. The first-order valence-electron chi connectivity index (χ1n) is 10.4. The van der Waals surface area contributed by atoms with Crippen LogP contribution in [0.1, 0.15) is 30.5 Å². The van der Waals surface area contributed by atoms with Crippen molar-refractivity contribution >= 4 is 11.9 Å². The van der Waals surface area contributed by atoms with Crippen LogP contribution in [-0.4, -0.2) is 59.0 Å². The fraction of sp³-hybridized carbons (Fsp3) is 0.435. The number of nitrogens with one attached hydrogen (secondary N) is 1. The molecule has 1 aliphatic rings. The molecule has 2 heterocycles. The predicted molar refractivity (Wildman–Crippen MR) is 115 cm³/mol. The van der Waals surface area contributed by atoms with Gasteiger partial charge in [0.1, 0.15) is 0 Å². The summed E-state index contributed by atoms with van der Waals surface area (Å²) in [5, 5.41) is 2.94. The van der Waals surface area contributed by atoms with E-state index in [0.29, 0.717) is 45.0 Å². The van der Waals surface area contributed by atoms with Crippen molar-refractivity contribution in [1.82, 2.24) is 20.1 Å². The van der Waals surface area contributed by atoms with Gasteiger partial charge in [-0.25, -0.2) is 9.78 Å². The van der Waals surface area contributed by atoms with Gasteiger partial charge in [-0.15, -0.1) is 0 Å². The second-order valence-electron chi connectivity index (χ2n) is 7.82. The highest BCUT2D eigenvalue weighted by atomic mass is 16.5. The average Bonchev–Trinajstić information content (AvgIpc) is 2.74. The Morgan fingerprint density at radius 3 is 2.40 bits per heavy atom. The lowest BCUT2D eigenvalue weighted by Gasteiger charge is -2.34. The minimum absolute atomic E-state index is 0.0138. The summed E-state index contributed by atoms with van der Waals surface area (Å²) in [7, 11) is 0. The Bertz CT molecular complexity index is 859. The molecule has 0 saturated carbocycles. The van der Waals surface area contributed by atoms with Crippen LogP contribution in [0.5, 0.6) is 5.88 Å². The van der Waals surface area contributed by atoms with Crippen LogP contribution >= 0.6 is 0 Å². The number of piperazine rings is 1. The lowest BCUT2D eigenvalue weighted by atomic mass is 10.1. The molecule has 0 bridgehead atoms. The highest BCUT2D eigenvalue weighted by Gasteiger charge is 2.24. The van der Waals surface area contributed by atoms with Crippen molar-refractivity contribution in [2.24, 2.45) is 0 Å². The second kappa shape index (κ2) is 10.1. The number of hydrogen-bond donors (Lipinski definition) is 1. The van der Waals surface area contributed by atoms with Gasteiger partial charge < -0.3 is 19.9 Å². The first-order valence-corrected chi connectivity index (χ1v) is 10.4. The van der Waals surface area contributed by atoms with Crippen LogP contribution in [0.15, 0.2) is 42.6 Å². The number of urea groups is 1. The van der Waals surface area contributed by atoms with Gasteiger partial charge in [0.2, 0.25) is 11.8 Å². The summed E-state index contributed by atoms with van der Waals surface area (Å²) in [5.74, 6) is 0.643. The molecule has 1 saturated heterocycles. The van der Waals surface area contributed by atoms with Gasteiger partial charge in [-0.05, 0) is 32.4 Å². The van der Waals surface area contributed by atoms with Gasteiger partial charge in [-0.1, -0.05) is 35.9 Å². The van der Waals surface area contributed by atoms with Crippen molar-refractivity contribution in [3.8, 4) is 5.88 Å². The number of benzene rings is 1. The van der Waals surface area contributed by atoms with Gasteiger partial charge in [0.25, 0.3) is 0 Å². The summed E-state index contributed by atoms with van der Waals surface area (Å²) in [6.07, 6.45) is 2.09. The SMILES string of the molecule is Cc1ccc(CC(=O)N2CCN(C(=O)NCc3cccnc3OC(C)C)CC2)cc1. The smallest absolute Gasteiger partial charge is 0.317 e. The topological polar surface area (TPSA) is 74.8 Å². The number of pyridine rings is 1. The van der Waals surface area contributed by atoms with Crippen molar-refractivity contribution in [1.29, 1.82) is 0 Å². The van der Waals surface area contributed by atoms with E-state index < -0.39 is 0 Å². The largest absolute Gasteiger partial charge is 0.475 e. The van der Waals surface area contributed by atoms with Crippen molar-refractivity contribution in [3.63, 3.8) is 0 Å². The molecule has 1 aliphatic heterocycles. The monoisotopic (exact) mass is 410 g/mol. The fourth-order valence-corrected chi connectivity index (χ4v) is 3.32. The molecule has 3 amide bonds. The zero-order valence-electron chi connectivity index (χ0n) is 17.9. The number of ether oxygens (including phenoxy) is 1. The van der Waals surface area contributed by atoms with Gasteiger partial charge in [0.15, 0.2) is 0 Å². The van der Waals surface area contributed by atoms with E-state index >= 15 is 0 Å². The zero-order chi connectivity index (χ0) is 21.5. The maximum Gasteiger partial charge on any atom is 0.317 e. The molecule has 30 heavy (non-hydrogen) atoms. The maximum atomic E-state index is 12.6. The summed E-state index contributed by atoms with van der Waals surface area (Å²) in [5.41, 5.74) is 3.04. The van der Waals surface area contributed by atoms with E-state index in [4.69, 9.17) is 4.74 Å². The molecule has 3 rings (SSSR count). The van der Waals surface area contributed by atoms with Gasteiger partial charge in [0.05, 0.1) is 12.5 Å². The number of nitrogens with zero attached hydrogens (tertiary/aromatic N) is 3. The highest BCUT2D eigenvalue weighted by molar-refractivity contribution is 5.79. The zero-order valence-corrected chi connectivity index (χ0v) is 17.9. The van der Waals surface area contributed by atoms with Gasteiger partial charge in [-0.2, -0.15) is 0 Å². The van der Waals surface area contributed by atoms with Crippen LogP contribution in [0.3, 0.4) is 0 Å². The molecular formula is C23H30N4O3. The predicted octanol–water partition coefficient (Wildman–Crippen LogP) is 2.77. The minimum atomic E-state index is -0.139. The van der Waals surface area contributed by atoms with Crippen molar-refractivity contribution < 1.29 is 14.3 Å². The van der Waals surface area contributed by atoms with Crippen molar-refractivity contribution in [2.75, 3.05) is 26.2 Å². The Hall–Kier alpha value is -3.09. The van der Waals surface area contributed by atoms with E-state index in [1.807, 2.05) is 62.1 Å². The van der Waals surface area contributed by atoms with E-state index in [2.05, 4.69) is 10.3 Å². The standard InChI is InChI=1S/C23H30N4O3/c1-17(2)30-22-20(5-4-10-24-22)16-25-23(29)27-13-11-26(12-14-27)21(28)15-19-8-6-18(3)7-9-19/h4-10,17H,11-16H2,1-3H3,(H,25,29). The number of aromatic nitrogens is 1. The minimum Gasteiger partial charge on any atom is -0.475 e. The Morgan fingerprint density at radius 1 is 1.07 bits per heavy atom. The van der Waals surface area contributed by atoms with Gasteiger partial charge >= 0.3 is 6.03 Å². The van der Waals surface area contributed by atoms with Crippen LogP contribution in [0.4, 0.5) is 4.79 Å². The number of hydrogen-bond acceptors (Lipinski definition) is 4. The molecule has 0 radical (unpaired) electrons. The molecule has 1 N–H and O–H groups in total. The molecule has 7 heteroatoms. The summed E-state index contributed by atoms with van der Waals surface area (Å²) < 4.78 is 5.70. The maximum absolute atomic E-state index is 12.6. The molecular weight excluding hydrogens is 380 g/mol. The molecule has 160 valence electrons. The molecule has 0 aliphatic carbocycles. The van der Waals surface area contributed by atoms with Crippen LogP contribution in [0.25, 0.3) is 0 Å². The number of aryl methyl sites for hydroxylation is 1. The Morgan fingerprint density at radius 2 is 1.73 bits per heavy atom. The Balaban J connectivity index is 1.46. The third-order valence-corrected chi connectivity index (χ3v) is 5.02. The van der Waals surface area contributed by atoms with E-state index in [0.717, 1.165) is 11.1 Å². The third-order valence-electron chi connectivity index (χ3n) is 5.02. The summed E-state index contributed by atoms with van der Waals surface area (Å²) in [6, 6.07) is 11.6. The highest BCUT2D eigenvalue weighted by Crippen LogP contribution is 2.16. The van der Waals surface area contributed by atoms with Crippen LogP contribution in [-0.2, 0) is 17.8 Å². The van der Waals surface area contributed by atoms with Crippen LogP contribution < -0.4 is 10.1 Å². The van der Waals surface area contributed by atoms with Crippen molar-refractivity contribution in [2.45, 2.75) is 39.8 Å².